The van der Waals surface area contributed by atoms with Gasteiger partial charge in [0.2, 0.25) is 5.91 Å². The van der Waals surface area contributed by atoms with E-state index in [2.05, 4.69) is 43.0 Å². The average molecular weight is 485 g/mol. The maximum Gasteiger partial charge on any atom is 0.573 e. The first-order valence-corrected chi connectivity index (χ1v) is 11.3. The predicted molar refractivity (Wildman–Crippen MR) is 133 cm³/mol. The van der Waals surface area contributed by atoms with E-state index in [9.17, 15) is 23.2 Å². The second-order valence-corrected chi connectivity index (χ2v) is 9.28. The largest absolute Gasteiger partial charge is 0.573 e. The van der Waals surface area contributed by atoms with E-state index in [1.807, 2.05) is 19.1 Å². The Balaban J connectivity index is 2.02. The zero-order valence-corrected chi connectivity index (χ0v) is 20.7. The Kier molecular flexibility index (Phi) is 9.30. The van der Waals surface area contributed by atoms with Gasteiger partial charge in [-0.05, 0) is 68.7 Å². The number of hydrogen-bond acceptors (Lipinski definition) is 3. The topological polar surface area (TPSA) is 62.1 Å². The van der Waals surface area contributed by atoms with Crippen molar-refractivity contribution in [2.75, 3.05) is 5.32 Å². The van der Waals surface area contributed by atoms with Crippen LogP contribution in [0.5, 0.6) is 5.75 Å². The van der Waals surface area contributed by atoms with Crippen molar-refractivity contribution in [3.8, 4) is 11.8 Å². The summed E-state index contributed by atoms with van der Waals surface area (Å²) >= 11 is 0. The third-order valence-electron chi connectivity index (χ3n) is 5.74. The van der Waals surface area contributed by atoms with E-state index in [0.717, 1.165) is 24.1 Å². The Hall–Kier alpha value is -3.53. The number of benzene rings is 1. The lowest BCUT2D eigenvalue weighted by atomic mass is 9.72. The van der Waals surface area contributed by atoms with Crippen LogP contribution in [-0.2, 0) is 4.79 Å². The standard InChI is InChI=1S/C28H31F3N2O2/c1-19(11-13-24-21(3)10-7-15-27(24,4)5)8-6-9-20(2)16-26(34)33-25-14-12-23(17-22(25)18-32)35-28(29,30)31/h6,8-9,11-14,16-17H,7,10,15H2,1-5H3,(H,33,34). The molecule has 0 aromatic heterocycles. The Morgan fingerprint density at radius 2 is 1.91 bits per heavy atom. The predicted octanol–water partition coefficient (Wildman–Crippen LogP) is 7.93. The lowest BCUT2D eigenvalue weighted by Gasteiger charge is -2.32. The van der Waals surface area contributed by atoms with Crippen molar-refractivity contribution in [3.05, 3.63) is 82.5 Å². The Bertz CT molecular complexity index is 1140. The highest BCUT2D eigenvalue weighted by molar-refractivity contribution is 6.00. The number of anilines is 1. The maximum atomic E-state index is 12.4. The van der Waals surface area contributed by atoms with Crippen LogP contribution in [0.3, 0.4) is 0 Å². The molecule has 1 aliphatic carbocycles. The fraction of sp³-hybridized carbons (Fsp3) is 0.357. The Morgan fingerprint density at radius 3 is 2.54 bits per heavy atom. The van der Waals surface area contributed by atoms with Gasteiger partial charge < -0.3 is 10.1 Å². The fourth-order valence-electron chi connectivity index (χ4n) is 3.98. The first-order valence-electron chi connectivity index (χ1n) is 11.3. The second kappa shape index (κ2) is 11.7. The molecular weight excluding hydrogens is 453 g/mol. The summed E-state index contributed by atoms with van der Waals surface area (Å²) in [7, 11) is 0. The van der Waals surface area contributed by atoms with Gasteiger partial charge in [0, 0.05) is 12.1 Å². The van der Waals surface area contributed by atoms with Crippen molar-refractivity contribution in [1.82, 2.24) is 0 Å². The van der Waals surface area contributed by atoms with Crippen LogP contribution in [0.25, 0.3) is 0 Å². The van der Waals surface area contributed by atoms with E-state index < -0.39 is 18.0 Å². The van der Waals surface area contributed by atoms with Crippen molar-refractivity contribution in [2.24, 2.45) is 5.41 Å². The molecule has 0 bridgehead atoms. The zero-order valence-electron chi connectivity index (χ0n) is 20.7. The molecule has 0 radical (unpaired) electrons. The van der Waals surface area contributed by atoms with Crippen LogP contribution in [0.4, 0.5) is 18.9 Å². The van der Waals surface area contributed by atoms with Gasteiger partial charge in [0.05, 0.1) is 11.3 Å². The molecule has 1 N–H and O–H groups in total. The zero-order chi connectivity index (χ0) is 26.2. The number of nitriles is 1. The molecule has 1 aromatic carbocycles. The van der Waals surface area contributed by atoms with Crippen molar-refractivity contribution < 1.29 is 22.7 Å². The van der Waals surface area contributed by atoms with E-state index in [1.54, 1.807) is 19.1 Å². The molecular formula is C28H31F3N2O2. The number of alkyl halides is 3. The molecule has 1 aliphatic rings. The van der Waals surface area contributed by atoms with Gasteiger partial charge in [-0.3, -0.25) is 4.79 Å². The molecule has 1 amide bonds. The van der Waals surface area contributed by atoms with E-state index in [1.165, 1.54) is 36.1 Å². The van der Waals surface area contributed by atoms with E-state index in [4.69, 9.17) is 0 Å². The number of hydrogen-bond donors (Lipinski definition) is 1. The number of rotatable bonds is 7. The molecule has 4 nitrogen and oxygen atoms in total. The molecule has 0 fully saturated rings. The molecule has 1 aromatic rings. The molecule has 0 saturated carbocycles. The van der Waals surface area contributed by atoms with Crippen molar-refractivity contribution in [1.29, 1.82) is 5.26 Å². The summed E-state index contributed by atoms with van der Waals surface area (Å²) in [6.07, 6.45) is 9.88. The number of nitrogens with one attached hydrogen (secondary N) is 1. The molecule has 0 unspecified atom stereocenters. The SMILES string of the molecule is CC(C=CC1=C(C)CCCC1(C)C)=CC=CC(C)=CC(=O)Nc1ccc(OC(F)(F)F)cc1C#N. The summed E-state index contributed by atoms with van der Waals surface area (Å²) < 4.78 is 40.9. The Morgan fingerprint density at radius 1 is 1.20 bits per heavy atom. The number of amides is 1. The highest BCUT2D eigenvalue weighted by Gasteiger charge is 2.31. The lowest BCUT2D eigenvalue weighted by molar-refractivity contribution is -0.274. The normalized spacial score (nSPS) is 17.1. The van der Waals surface area contributed by atoms with Crippen molar-refractivity contribution in [3.63, 3.8) is 0 Å². The lowest BCUT2D eigenvalue weighted by Crippen LogP contribution is -2.19. The number of carbonyl (C=O) groups excluding carboxylic acids is 1. The van der Waals surface area contributed by atoms with Gasteiger partial charge in [0.1, 0.15) is 11.8 Å². The van der Waals surface area contributed by atoms with E-state index >= 15 is 0 Å². The van der Waals surface area contributed by atoms with Crippen molar-refractivity contribution in [2.45, 2.75) is 60.2 Å². The molecule has 0 atom stereocenters. The molecule has 0 spiro atoms. The number of nitrogens with zero attached hydrogens (tertiary/aromatic N) is 1. The van der Waals surface area contributed by atoms with Gasteiger partial charge in [0.15, 0.2) is 0 Å². The Labute approximate surface area is 205 Å². The van der Waals surface area contributed by atoms with Crippen LogP contribution >= 0.6 is 0 Å². The van der Waals surface area contributed by atoms with Crippen molar-refractivity contribution >= 4 is 11.6 Å². The first-order chi connectivity index (χ1) is 16.3. The summed E-state index contributed by atoms with van der Waals surface area (Å²) in [5.74, 6) is -1.04. The van der Waals surface area contributed by atoms with Crippen LogP contribution in [0, 0.1) is 16.7 Å². The van der Waals surface area contributed by atoms with Crippen LogP contribution in [0.2, 0.25) is 0 Å². The molecule has 0 aliphatic heterocycles. The highest BCUT2D eigenvalue weighted by Crippen LogP contribution is 2.40. The minimum Gasteiger partial charge on any atom is -0.406 e. The van der Waals surface area contributed by atoms with Crippen LogP contribution < -0.4 is 10.1 Å². The summed E-state index contributed by atoms with van der Waals surface area (Å²) in [6, 6.07) is 4.91. The third kappa shape index (κ3) is 8.97. The number of halogens is 3. The van der Waals surface area contributed by atoms with Gasteiger partial charge >= 0.3 is 6.36 Å². The van der Waals surface area contributed by atoms with Crippen LogP contribution in [0.15, 0.2) is 76.9 Å². The second-order valence-electron chi connectivity index (χ2n) is 9.28. The molecule has 35 heavy (non-hydrogen) atoms. The van der Waals surface area contributed by atoms with Crippen LogP contribution in [0.1, 0.15) is 59.4 Å². The monoisotopic (exact) mass is 484 g/mol. The molecule has 186 valence electrons. The molecule has 0 saturated heterocycles. The minimum atomic E-state index is -4.87. The van der Waals surface area contributed by atoms with Gasteiger partial charge in [-0.15, -0.1) is 13.2 Å². The van der Waals surface area contributed by atoms with Gasteiger partial charge in [-0.25, -0.2) is 0 Å². The number of carbonyl (C=O) groups is 1. The van der Waals surface area contributed by atoms with Crippen LogP contribution in [-0.4, -0.2) is 12.3 Å². The smallest absolute Gasteiger partial charge is 0.406 e. The molecule has 7 heteroatoms. The quantitative estimate of drug-likeness (QED) is 0.316. The molecule has 0 heterocycles. The average Bonchev–Trinajstić information content (AvgIpc) is 2.72. The van der Waals surface area contributed by atoms with Gasteiger partial charge in [0.25, 0.3) is 0 Å². The number of allylic oxidation sites excluding steroid dienone is 9. The van der Waals surface area contributed by atoms with Gasteiger partial charge in [-0.2, -0.15) is 5.26 Å². The fourth-order valence-corrected chi connectivity index (χ4v) is 3.98. The summed E-state index contributed by atoms with van der Waals surface area (Å²) in [5.41, 5.74) is 4.70. The van der Waals surface area contributed by atoms with Gasteiger partial charge in [-0.1, -0.05) is 55.4 Å². The van der Waals surface area contributed by atoms with E-state index in [0.29, 0.717) is 5.57 Å². The summed E-state index contributed by atoms with van der Waals surface area (Å²) in [5, 5.41) is 11.7. The maximum absolute atomic E-state index is 12.4. The summed E-state index contributed by atoms with van der Waals surface area (Å²) in [6.45, 7) is 10.5. The number of ether oxygens (including phenoxy) is 1. The summed E-state index contributed by atoms with van der Waals surface area (Å²) in [4.78, 5) is 12.3. The minimum absolute atomic E-state index is 0.0937. The first kappa shape index (κ1) is 27.7. The highest BCUT2D eigenvalue weighted by atomic mass is 19.4. The third-order valence-corrected chi connectivity index (χ3v) is 5.74. The molecule has 2 rings (SSSR count). The van der Waals surface area contributed by atoms with E-state index in [-0.39, 0.29) is 16.7 Å².